The third-order valence-electron chi connectivity index (χ3n) is 3.75. The number of amides is 1. The highest BCUT2D eigenvalue weighted by molar-refractivity contribution is 5.89. The number of ether oxygens (including phenoxy) is 1. The molecule has 0 saturated carbocycles. The van der Waals surface area contributed by atoms with Crippen LogP contribution in [-0.4, -0.2) is 36.5 Å². The Kier molecular flexibility index (Phi) is 4.66. The summed E-state index contributed by atoms with van der Waals surface area (Å²) < 4.78 is 5.23. The van der Waals surface area contributed by atoms with Crippen LogP contribution in [0.3, 0.4) is 0 Å². The van der Waals surface area contributed by atoms with Crippen molar-refractivity contribution in [1.29, 1.82) is 0 Å². The predicted molar refractivity (Wildman–Crippen MR) is 81.2 cm³/mol. The van der Waals surface area contributed by atoms with E-state index in [0.29, 0.717) is 18.5 Å². The fraction of sp³-hybridized carbons (Fsp3) is 0.529. The van der Waals surface area contributed by atoms with E-state index in [9.17, 15) is 9.59 Å². The van der Waals surface area contributed by atoms with Gasteiger partial charge in [0.05, 0.1) is 12.1 Å². The van der Waals surface area contributed by atoms with Crippen LogP contribution in [-0.2, 0) is 14.9 Å². The van der Waals surface area contributed by atoms with E-state index in [2.05, 4.69) is 20.8 Å². The average molecular weight is 289 g/mol. The second kappa shape index (κ2) is 6.29. The van der Waals surface area contributed by atoms with E-state index in [4.69, 9.17) is 4.74 Å². The zero-order valence-corrected chi connectivity index (χ0v) is 13.0. The average Bonchev–Trinajstić information content (AvgIpc) is 2.83. The van der Waals surface area contributed by atoms with Gasteiger partial charge in [0.1, 0.15) is 6.61 Å². The standard InChI is InChI=1S/C17H23NO3/c1-17(2,3)14-8-6-13(7-9-14)16(20)21-12-11-18-10-4-5-15(18)19/h6-9H,4-5,10-12H2,1-3H3. The molecule has 1 aliphatic rings. The van der Waals surface area contributed by atoms with Crippen molar-refractivity contribution in [2.75, 3.05) is 19.7 Å². The number of hydrogen-bond donors (Lipinski definition) is 0. The maximum atomic E-state index is 11.9. The molecule has 0 unspecified atom stereocenters. The highest BCUT2D eigenvalue weighted by Gasteiger charge is 2.20. The van der Waals surface area contributed by atoms with E-state index in [1.165, 1.54) is 5.56 Å². The fourth-order valence-corrected chi connectivity index (χ4v) is 2.38. The molecule has 1 aromatic carbocycles. The zero-order valence-electron chi connectivity index (χ0n) is 13.0. The van der Waals surface area contributed by atoms with E-state index in [1.807, 2.05) is 12.1 Å². The number of esters is 1. The summed E-state index contributed by atoms with van der Waals surface area (Å²) in [7, 11) is 0. The van der Waals surface area contributed by atoms with Crippen molar-refractivity contribution < 1.29 is 14.3 Å². The monoisotopic (exact) mass is 289 g/mol. The van der Waals surface area contributed by atoms with Gasteiger partial charge in [0.15, 0.2) is 0 Å². The third-order valence-corrected chi connectivity index (χ3v) is 3.75. The Labute approximate surface area is 126 Å². The number of nitrogens with zero attached hydrogens (tertiary/aromatic N) is 1. The lowest BCUT2D eigenvalue weighted by molar-refractivity contribution is -0.128. The smallest absolute Gasteiger partial charge is 0.338 e. The quantitative estimate of drug-likeness (QED) is 0.801. The second-order valence-electron chi connectivity index (χ2n) is 6.45. The zero-order chi connectivity index (χ0) is 15.5. The van der Waals surface area contributed by atoms with Crippen molar-refractivity contribution in [2.45, 2.75) is 39.0 Å². The minimum Gasteiger partial charge on any atom is -0.460 e. The fourth-order valence-electron chi connectivity index (χ4n) is 2.38. The number of likely N-dealkylation sites (tertiary alicyclic amines) is 1. The summed E-state index contributed by atoms with van der Waals surface area (Å²) in [5.74, 6) is -0.178. The molecule has 114 valence electrons. The molecular formula is C17H23NO3. The first-order chi connectivity index (χ1) is 9.88. The third kappa shape index (κ3) is 4.06. The Morgan fingerprint density at radius 2 is 1.90 bits per heavy atom. The van der Waals surface area contributed by atoms with Crippen LogP contribution < -0.4 is 0 Å². The molecule has 0 atom stereocenters. The van der Waals surface area contributed by atoms with Gasteiger partial charge in [0.25, 0.3) is 0 Å². The Hall–Kier alpha value is -1.84. The van der Waals surface area contributed by atoms with Crippen LogP contribution in [0.15, 0.2) is 24.3 Å². The minimum absolute atomic E-state index is 0.0680. The number of carbonyl (C=O) groups excluding carboxylic acids is 2. The van der Waals surface area contributed by atoms with Crippen molar-refractivity contribution in [3.63, 3.8) is 0 Å². The maximum Gasteiger partial charge on any atom is 0.338 e. The molecule has 0 spiro atoms. The van der Waals surface area contributed by atoms with Crippen LogP contribution >= 0.6 is 0 Å². The first-order valence-electron chi connectivity index (χ1n) is 7.43. The lowest BCUT2D eigenvalue weighted by Crippen LogP contribution is -2.29. The molecular weight excluding hydrogens is 266 g/mol. The van der Waals surface area contributed by atoms with Gasteiger partial charge in [-0.3, -0.25) is 4.79 Å². The van der Waals surface area contributed by atoms with Crippen LogP contribution in [0.5, 0.6) is 0 Å². The minimum atomic E-state index is -0.331. The van der Waals surface area contributed by atoms with Gasteiger partial charge < -0.3 is 9.64 Å². The molecule has 1 aliphatic heterocycles. The van der Waals surface area contributed by atoms with E-state index in [0.717, 1.165) is 13.0 Å². The number of carbonyl (C=O) groups is 2. The van der Waals surface area contributed by atoms with E-state index in [-0.39, 0.29) is 23.9 Å². The van der Waals surface area contributed by atoms with Crippen molar-refractivity contribution in [1.82, 2.24) is 4.90 Å². The first kappa shape index (κ1) is 15.5. The molecule has 4 heteroatoms. The molecule has 1 heterocycles. The first-order valence-corrected chi connectivity index (χ1v) is 7.43. The van der Waals surface area contributed by atoms with Crippen molar-refractivity contribution in [3.05, 3.63) is 35.4 Å². The van der Waals surface area contributed by atoms with Gasteiger partial charge in [-0.25, -0.2) is 4.79 Å². The van der Waals surface area contributed by atoms with Crippen molar-refractivity contribution in [2.24, 2.45) is 0 Å². The van der Waals surface area contributed by atoms with Gasteiger partial charge in [-0.2, -0.15) is 0 Å². The van der Waals surface area contributed by atoms with Gasteiger partial charge in [-0.15, -0.1) is 0 Å². The molecule has 2 rings (SSSR count). The summed E-state index contributed by atoms with van der Waals surface area (Å²) in [5, 5.41) is 0. The summed E-state index contributed by atoms with van der Waals surface area (Å²) in [5.41, 5.74) is 1.80. The lowest BCUT2D eigenvalue weighted by Gasteiger charge is -2.19. The summed E-state index contributed by atoms with van der Waals surface area (Å²) >= 11 is 0. The lowest BCUT2D eigenvalue weighted by atomic mass is 9.87. The summed E-state index contributed by atoms with van der Waals surface area (Å²) in [4.78, 5) is 25.1. The number of benzene rings is 1. The molecule has 0 N–H and O–H groups in total. The Morgan fingerprint density at radius 1 is 1.24 bits per heavy atom. The highest BCUT2D eigenvalue weighted by atomic mass is 16.5. The summed E-state index contributed by atoms with van der Waals surface area (Å²) in [6.07, 6.45) is 1.52. The molecule has 0 aliphatic carbocycles. The van der Waals surface area contributed by atoms with E-state index in [1.54, 1.807) is 17.0 Å². The van der Waals surface area contributed by atoms with Gasteiger partial charge in [0.2, 0.25) is 5.91 Å². The molecule has 0 bridgehead atoms. The number of hydrogen-bond acceptors (Lipinski definition) is 3. The van der Waals surface area contributed by atoms with Crippen molar-refractivity contribution in [3.8, 4) is 0 Å². The Balaban J connectivity index is 1.84. The summed E-state index contributed by atoms with van der Waals surface area (Å²) in [6, 6.07) is 7.51. The van der Waals surface area contributed by atoms with Crippen LogP contribution in [0.25, 0.3) is 0 Å². The molecule has 0 radical (unpaired) electrons. The molecule has 1 amide bonds. The molecule has 0 aromatic heterocycles. The van der Waals surface area contributed by atoms with Crippen LogP contribution in [0.4, 0.5) is 0 Å². The molecule has 4 nitrogen and oxygen atoms in total. The van der Waals surface area contributed by atoms with Crippen molar-refractivity contribution >= 4 is 11.9 Å². The predicted octanol–water partition coefficient (Wildman–Crippen LogP) is 2.76. The summed E-state index contributed by atoms with van der Waals surface area (Å²) in [6.45, 7) is 7.92. The van der Waals surface area contributed by atoms with Gasteiger partial charge in [0, 0.05) is 13.0 Å². The van der Waals surface area contributed by atoms with Gasteiger partial charge in [-0.1, -0.05) is 32.9 Å². The maximum absolute atomic E-state index is 11.9. The van der Waals surface area contributed by atoms with E-state index >= 15 is 0 Å². The van der Waals surface area contributed by atoms with Crippen LogP contribution in [0, 0.1) is 0 Å². The highest BCUT2D eigenvalue weighted by Crippen LogP contribution is 2.22. The Bertz CT molecular complexity index is 514. The van der Waals surface area contributed by atoms with Crippen LogP contribution in [0.2, 0.25) is 0 Å². The normalized spacial score (nSPS) is 15.4. The SMILES string of the molecule is CC(C)(C)c1ccc(C(=O)OCCN2CCCC2=O)cc1. The Morgan fingerprint density at radius 3 is 2.43 bits per heavy atom. The second-order valence-corrected chi connectivity index (χ2v) is 6.45. The largest absolute Gasteiger partial charge is 0.460 e. The molecule has 1 fully saturated rings. The topological polar surface area (TPSA) is 46.6 Å². The molecule has 1 aromatic rings. The van der Waals surface area contributed by atoms with Crippen LogP contribution in [0.1, 0.15) is 49.5 Å². The van der Waals surface area contributed by atoms with E-state index < -0.39 is 0 Å². The molecule has 21 heavy (non-hydrogen) atoms. The van der Waals surface area contributed by atoms with Gasteiger partial charge >= 0.3 is 5.97 Å². The number of rotatable bonds is 4. The van der Waals surface area contributed by atoms with Gasteiger partial charge in [-0.05, 0) is 29.5 Å². The molecule has 1 saturated heterocycles.